The second-order valence-corrected chi connectivity index (χ2v) is 6.24. The molecule has 1 amide bonds. The minimum atomic E-state index is -3.81. The number of para-hydroxylation sites is 1. The molecule has 0 radical (unpaired) electrons. The molecular formula is C16H21F2NO3. The van der Waals surface area contributed by atoms with Gasteiger partial charge in [-0.1, -0.05) is 18.2 Å². The van der Waals surface area contributed by atoms with E-state index in [2.05, 4.69) is 5.32 Å². The lowest BCUT2D eigenvalue weighted by atomic mass is 9.75. The predicted molar refractivity (Wildman–Crippen MR) is 77.9 cm³/mol. The molecule has 22 heavy (non-hydrogen) atoms. The number of methoxy groups -OCH3 is 1. The highest BCUT2D eigenvalue weighted by Crippen LogP contribution is 2.44. The molecule has 0 aromatic heterocycles. The smallest absolute Gasteiger partial charge is 0.352 e. The summed E-state index contributed by atoms with van der Waals surface area (Å²) < 4.78 is 33.6. The number of carbonyl (C=O) groups excluding carboxylic acids is 1. The molecule has 0 spiro atoms. The summed E-state index contributed by atoms with van der Waals surface area (Å²) in [6, 6.07) is 6.89. The van der Waals surface area contributed by atoms with Crippen molar-refractivity contribution in [3.8, 4) is 5.75 Å². The van der Waals surface area contributed by atoms with E-state index < -0.39 is 23.0 Å². The molecule has 4 nitrogen and oxygen atoms in total. The van der Waals surface area contributed by atoms with Crippen LogP contribution in [0.3, 0.4) is 0 Å². The van der Waals surface area contributed by atoms with Gasteiger partial charge in [0.15, 0.2) is 0 Å². The van der Waals surface area contributed by atoms with Crippen LogP contribution in [0, 0.1) is 0 Å². The van der Waals surface area contributed by atoms with Crippen molar-refractivity contribution in [2.45, 2.75) is 50.2 Å². The Kier molecular flexibility index (Phi) is 4.17. The number of benzene rings is 1. The molecule has 122 valence electrons. The average molecular weight is 313 g/mol. The topological polar surface area (TPSA) is 58.6 Å². The Morgan fingerprint density at radius 2 is 1.91 bits per heavy atom. The minimum absolute atomic E-state index is 0.0670. The maximum Gasteiger partial charge on any atom is 0.352 e. The van der Waals surface area contributed by atoms with Crippen LogP contribution in [-0.4, -0.2) is 29.6 Å². The van der Waals surface area contributed by atoms with Gasteiger partial charge in [0.25, 0.3) is 5.91 Å². The number of aliphatic hydroxyl groups is 1. The number of hydrogen-bond acceptors (Lipinski definition) is 3. The Hall–Kier alpha value is -1.69. The molecule has 2 rings (SSSR count). The summed E-state index contributed by atoms with van der Waals surface area (Å²) in [4.78, 5) is 12.0. The van der Waals surface area contributed by atoms with Crippen LogP contribution in [0.1, 0.15) is 38.7 Å². The second kappa shape index (κ2) is 5.50. The van der Waals surface area contributed by atoms with E-state index in [9.17, 15) is 18.7 Å². The van der Waals surface area contributed by atoms with Gasteiger partial charge < -0.3 is 15.2 Å². The van der Waals surface area contributed by atoms with Gasteiger partial charge in [-0.15, -0.1) is 0 Å². The summed E-state index contributed by atoms with van der Waals surface area (Å²) in [5.41, 5.74) is -2.71. The number of alkyl halides is 2. The summed E-state index contributed by atoms with van der Waals surface area (Å²) in [6.07, 6.45) is 0.361. The van der Waals surface area contributed by atoms with Crippen LogP contribution in [-0.2, 0) is 10.3 Å². The number of halogens is 2. The zero-order chi connectivity index (χ0) is 16.6. The molecule has 1 aliphatic carbocycles. The molecule has 1 aliphatic rings. The minimum Gasteiger partial charge on any atom is -0.496 e. The van der Waals surface area contributed by atoms with E-state index in [4.69, 9.17) is 4.74 Å². The Morgan fingerprint density at radius 3 is 2.41 bits per heavy atom. The fourth-order valence-corrected chi connectivity index (χ4v) is 2.63. The third kappa shape index (κ3) is 2.67. The molecule has 1 fully saturated rings. The van der Waals surface area contributed by atoms with Crippen LogP contribution in [0.2, 0.25) is 0 Å². The van der Waals surface area contributed by atoms with Gasteiger partial charge in [-0.25, -0.2) is 0 Å². The molecule has 0 saturated heterocycles. The summed E-state index contributed by atoms with van der Waals surface area (Å²) >= 11 is 0. The van der Waals surface area contributed by atoms with Gasteiger partial charge in [0.1, 0.15) is 11.4 Å². The lowest BCUT2D eigenvalue weighted by Crippen LogP contribution is -2.62. The van der Waals surface area contributed by atoms with Crippen LogP contribution < -0.4 is 10.1 Å². The number of hydrogen-bond donors (Lipinski definition) is 2. The fourth-order valence-electron chi connectivity index (χ4n) is 2.63. The largest absolute Gasteiger partial charge is 0.496 e. The summed E-state index contributed by atoms with van der Waals surface area (Å²) in [5.74, 6) is -4.78. The lowest BCUT2D eigenvalue weighted by molar-refractivity contribution is -0.217. The number of rotatable bonds is 5. The van der Waals surface area contributed by atoms with Gasteiger partial charge >= 0.3 is 5.92 Å². The van der Waals surface area contributed by atoms with Crippen molar-refractivity contribution in [1.82, 2.24) is 5.32 Å². The van der Waals surface area contributed by atoms with Crippen molar-refractivity contribution in [3.63, 3.8) is 0 Å². The predicted octanol–water partition coefficient (Wildman–Crippen LogP) is 2.60. The Morgan fingerprint density at radius 1 is 1.32 bits per heavy atom. The second-order valence-electron chi connectivity index (χ2n) is 6.24. The van der Waals surface area contributed by atoms with Gasteiger partial charge in [-0.05, 0) is 39.2 Å². The molecule has 1 saturated carbocycles. The van der Waals surface area contributed by atoms with Crippen molar-refractivity contribution in [2.24, 2.45) is 0 Å². The molecule has 0 heterocycles. The van der Waals surface area contributed by atoms with Crippen LogP contribution in [0.15, 0.2) is 24.3 Å². The Balaban J connectivity index is 2.23. The van der Waals surface area contributed by atoms with Gasteiger partial charge in [0.2, 0.25) is 0 Å². The highest BCUT2D eigenvalue weighted by molar-refractivity contribution is 5.86. The van der Waals surface area contributed by atoms with Gasteiger partial charge in [-0.2, -0.15) is 8.78 Å². The highest BCUT2D eigenvalue weighted by Gasteiger charge is 2.61. The Labute approximate surface area is 128 Å². The van der Waals surface area contributed by atoms with Crippen LogP contribution in [0.4, 0.5) is 8.78 Å². The monoisotopic (exact) mass is 313 g/mol. The van der Waals surface area contributed by atoms with Crippen molar-refractivity contribution in [2.75, 3.05) is 7.11 Å². The highest BCUT2D eigenvalue weighted by atomic mass is 19.3. The SMILES string of the molecule is COc1ccccc1C(C)(C)NC(=O)C(F)(F)C1(O)CCC1. The normalized spacial score (nSPS) is 17.5. The summed E-state index contributed by atoms with van der Waals surface area (Å²) in [5, 5.41) is 12.2. The van der Waals surface area contributed by atoms with Crippen LogP contribution in [0.25, 0.3) is 0 Å². The number of ether oxygens (including phenoxy) is 1. The average Bonchev–Trinajstić information content (AvgIpc) is 2.43. The standard InChI is InChI=1S/C16H21F2NO3/c1-14(2,11-7-4-5-8-12(11)22-3)19-13(20)16(17,18)15(21)9-6-10-15/h4-5,7-8,21H,6,9-10H2,1-3H3,(H,19,20). The van der Waals surface area contributed by atoms with E-state index in [0.29, 0.717) is 17.7 Å². The van der Waals surface area contributed by atoms with Crippen LogP contribution >= 0.6 is 0 Å². The maximum atomic E-state index is 14.2. The van der Waals surface area contributed by atoms with Crippen LogP contribution in [0.5, 0.6) is 5.75 Å². The van der Waals surface area contributed by atoms with Crippen molar-refractivity contribution in [1.29, 1.82) is 0 Å². The number of carbonyl (C=O) groups is 1. The zero-order valence-electron chi connectivity index (χ0n) is 13.0. The first-order valence-corrected chi connectivity index (χ1v) is 7.20. The van der Waals surface area contributed by atoms with E-state index >= 15 is 0 Å². The fraction of sp³-hybridized carbons (Fsp3) is 0.562. The van der Waals surface area contributed by atoms with E-state index in [1.54, 1.807) is 38.1 Å². The summed E-state index contributed by atoms with van der Waals surface area (Å²) in [6.45, 7) is 3.23. The van der Waals surface area contributed by atoms with E-state index in [-0.39, 0.29) is 12.8 Å². The third-order valence-electron chi connectivity index (χ3n) is 4.26. The van der Waals surface area contributed by atoms with Crippen molar-refractivity contribution in [3.05, 3.63) is 29.8 Å². The number of nitrogens with one attached hydrogen (secondary N) is 1. The number of amides is 1. The van der Waals surface area contributed by atoms with Crippen molar-refractivity contribution >= 4 is 5.91 Å². The molecule has 2 N–H and O–H groups in total. The van der Waals surface area contributed by atoms with Gasteiger partial charge in [-0.3, -0.25) is 4.79 Å². The third-order valence-corrected chi connectivity index (χ3v) is 4.26. The van der Waals surface area contributed by atoms with Crippen molar-refractivity contribution < 1.29 is 23.4 Å². The molecule has 1 aromatic rings. The maximum absolute atomic E-state index is 14.2. The molecule has 0 aliphatic heterocycles. The van der Waals surface area contributed by atoms with Gasteiger partial charge in [0.05, 0.1) is 12.6 Å². The van der Waals surface area contributed by atoms with E-state index in [0.717, 1.165) is 0 Å². The van der Waals surface area contributed by atoms with E-state index in [1.165, 1.54) is 7.11 Å². The molecule has 0 unspecified atom stereocenters. The Bertz CT molecular complexity index is 568. The van der Waals surface area contributed by atoms with E-state index in [1.807, 2.05) is 0 Å². The first-order valence-electron chi connectivity index (χ1n) is 7.20. The first-order chi connectivity index (χ1) is 10.1. The molecular weight excluding hydrogens is 292 g/mol. The van der Waals surface area contributed by atoms with Gasteiger partial charge in [0, 0.05) is 5.56 Å². The first kappa shape index (κ1) is 16.7. The quantitative estimate of drug-likeness (QED) is 0.878. The molecule has 0 atom stereocenters. The summed E-state index contributed by atoms with van der Waals surface area (Å²) in [7, 11) is 1.47. The molecule has 0 bridgehead atoms. The molecule has 6 heteroatoms. The molecule has 1 aromatic carbocycles. The lowest BCUT2D eigenvalue weighted by Gasteiger charge is -2.42. The zero-order valence-corrected chi connectivity index (χ0v) is 13.0.